The molecule has 2 rings (SSSR count). The topological polar surface area (TPSA) is 44.8 Å². The Hall–Kier alpha value is -2.23. The summed E-state index contributed by atoms with van der Waals surface area (Å²) in [5.41, 5.74) is 0.537. The van der Waals surface area contributed by atoms with Crippen LogP contribution in [0.4, 0.5) is 0 Å². The smallest absolute Gasteiger partial charge is 0.163 e. The van der Waals surface area contributed by atoms with E-state index in [0.29, 0.717) is 47.9 Å². The zero-order valence-electron chi connectivity index (χ0n) is 17.4. The zero-order valence-corrected chi connectivity index (χ0v) is 17.4. The van der Waals surface area contributed by atoms with Gasteiger partial charge >= 0.3 is 0 Å². The molecule has 0 fully saturated rings. The average molecular weight is 373 g/mol. The van der Waals surface area contributed by atoms with Gasteiger partial charge in [0.1, 0.15) is 17.2 Å². The van der Waals surface area contributed by atoms with Crippen LogP contribution in [0.2, 0.25) is 0 Å². The minimum atomic E-state index is -0.0453. The van der Waals surface area contributed by atoms with Gasteiger partial charge in [0.25, 0.3) is 0 Å². The number of ether oxygens (including phenoxy) is 3. The Morgan fingerprint density at radius 3 is 2.15 bits per heavy atom. The van der Waals surface area contributed by atoms with Crippen LogP contribution >= 0.6 is 0 Å². The molecule has 0 heterocycles. The molecule has 0 spiro atoms. The van der Waals surface area contributed by atoms with Crippen molar-refractivity contribution in [3.63, 3.8) is 0 Å². The Bertz CT molecular complexity index is 778. The van der Waals surface area contributed by atoms with E-state index in [1.54, 1.807) is 14.0 Å². The number of Topliss-reactive ketones (excluding diaryl/α,β-unsaturated/α-hetero) is 1. The molecule has 0 atom stereocenters. The Kier molecular flexibility index (Phi) is 7.52. The van der Waals surface area contributed by atoms with Crippen molar-refractivity contribution in [2.24, 2.45) is 11.8 Å². The van der Waals surface area contributed by atoms with E-state index in [1.807, 2.05) is 24.3 Å². The van der Waals surface area contributed by atoms with Crippen molar-refractivity contribution in [3.8, 4) is 17.2 Å². The molecule has 4 heteroatoms. The van der Waals surface area contributed by atoms with E-state index in [9.17, 15) is 4.79 Å². The van der Waals surface area contributed by atoms with Crippen LogP contribution in [-0.2, 0) is 0 Å². The van der Waals surface area contributed by atoms with Crippen LogP contribution in [-0.4, -0.2) is 26.1 Å². The molecule has 0 aliphatic carbocycles. The van der Waals surface area contributed by atoms with Gasteiger partial charge in [0, 0.05) is 5.39 Å². The van der Waals surface area contributed by atoms with Crippen molar-refractivity contribution in [1.82, 2.24) is 0 Å². The molecule has 0 radical (unpaired) electrons. The number of methoxy groups -OCH3 is 1. The Labute approximate surface area is 162 Å². The molecular weight excluding hydrogens is 340 g/mol. The summed E-state index contributed by atoms with van der Waals surface area (Å²) in [6.45, 7) is 11.4. The summed E-state index contributed by atoms with van der Waals surface area (Å²) < 4.78 is 17.7. The molecule has 0 bridgehead atoms. The number of benzene rings is 2. The quantitative estimate of drug-likeness (QED) is 0.487. The van der Waals surface area contributed by atoms with Crippen molar-refractivity contribution in [2.75, 3.05) is 20.3 Å². The summed E-state index contributed by atoms with van der Waals surface area (Å²) in [5.74, 6) is 3.01. The summed E-state index contributed by atoms with van der Waals surface area (Å²) in [7, 11) is 1.63. The van der Waals surface area contributed by atoms with Crippen LogP contribution in [0.25, 0.3) is 10.8 Å². The SMILES string of the molecule is COc1cccc2c(OCCC(C)C)cc(C(C)=O)c(OCCC(C)C)c12. The number of carbonyl (C=O) groups excluding carboxylic acids is 1. The number of carbonyl (C=O) groups is 1. The van der Waals surface area contributed by atoms with Gasteiger partial charge in [-0.1, -0.05) is 39.8 Å². The summed E-state index contributed by atoms with van der Waals surface area (Å²) >= 11 is 0. The van der Waals surface area contributed by atoms with E-state index >= 15 is 0 Å². The predicted molar refractivity (Wildman–Crippen MR) is 110 cm³/mol. The fourth-order valence-electron chi connectivity index (χ4n) is 2.88. The molecule has 0 amide bonds. The zero-order chi connectivity index (χ0) is 20.0. The van der Waals surface area contributed by atoms with Crippen LogP contribution < -0.4 is 14.2 Å². The lowest BCUT2D eigenvalue weighted by Crippen LogP contribution is -2.08. The monoisotopic (exact) mass is 372 g/mol. The summed E-state index contributed by atoms with van der Waals surface area (Å²) in [4.78, 5) is 12.4. The molecular formula is C23H32O4. The van der Waals surface area contributed by atoms with Crippen molar-refractivity contribution < 1.29 is 19.0 Å². The molecule has 0 aromatic heterocycles. The van der Waals surface area contributed by atoms with Gasteiger partial charge in [0.05, 0.1) is 31.3 Å². The van der Waals surface area contributed by atoms with E-state index in [2.05, 4.69) is 27.7 Å². The highest BCUT2D eigenvalue weighted by molar-refractivity contribution is 6.08. The highest BCUT2D eigenvalue weighted by Gasteiger charge is 2.20. The third kappa shape index (κ3) is 5.38. The summed E-state index contributed by atoms with van der Waals surface area (Å²) in [6, 6.07) is 7.62. The van der Waals surface area contributed by atoms with Crippen LogP contribution in [0, 0.1) is 11.8 Å². The Balaban J connectivity index is 2.56. The predicted octanol–water partition coefficient (Wildman–Crippen LogP) is 5.90. The van der Waals surface area contributed by atoms with Crippen molar-refractivity contribution in [2.45, 2.75) is 47.5 Å². The third-order valence-electron chi connectivity index (χ3n) is 4.53. The molecule has 0 saturated carbocycles. The molecule has 0 aliphatic heterocycles. The van der Waals surface area contributed by atoms with Crippen LogP contribution in [0.5, 0.6) is 17.2 Å². The first-order valence-corrected chi connectivity index (χ1v) is 9.75. The van der Waals surface area contributed by atoms with Gasteiger partial charge in [-0.3, -0.25) is 4.79 Å². The normalized spacial score (nSPS) is 11.3. The lowest BCUT2D eigenvalue weighted by atomic mass is 10.0. The maximum Gasteiger partial charge on any atom is 0.163 e. The largest absolute Gasteiger partial charge is 0.496 e. The number of fused-ring (bicyclic) bond motifs is 1. The number of rotatable bonds is 10. The van der Waals surface area contributed by atoms with Crippen molar-refractivity contribution in [3.05, 3.63) is 29.8 Å². The number of hydrogen-bond acceptors (Lipinski definition) is 4. The van der Waals surface area contributed by atoms with Gasteiger partial charge < -0.3 is 14.2 Å². The van der Waals surface area contributed by atoms with Gasteiger partial charge in [-0.25, -0.2) is 0 Å². The Morgan fingerprint density at radius 2 is 1.59 bits per heavy atom. The van der Waals surface area contributed by atoms with Gasteiger partial charge in [-0.15, -0.1) is 0 Å². The fraction of sp³-hybridized carbons (Fsp3) is 0.522. The minimum absolute atomic E-state index is 0.0453. The molecule has 0 unspecified atom stereocenters. The lowest BCUT2D eigenvalue weighted by Gasteiger charge is -2.19. The fourth-order valence-corrected chi connectivity index (χ4v) is 2.88. The molecule has 0 saturated heterocycles. The highest BCUT2D eigenvalue weighted by Crippen LogP contribution is 2.42. The Morgan fingerprint density at radius 1 is 0.963 bits per heavy atom. The standard InChI is InChI=1S/C23H32O4/c1-15(2)10-12-26-21-14-19(17(5)24)23(27-13-11-16(3)4)22-18(21)8-7-9-20(22)25-6/h7-9,14-16H,10-13H2,1-6H3. The maximum absolute atomic E-state index is 12.4. The molecule has 2 aromatic carbocycles. The number of hydrogen-bond donors (Lipinski definition) is 0. The van der Waals surface area contributed by atoms with E-state index < -0.39 is 0 Å². The second-order valence-corrected chi connectivity index (χ2v) is 7.75. The molecule has 0 N–H and O–H groups in total. The first kappa shape index (κ1) is 21.1. The lowest BCUT2D eigenvalue weighted by molar-refractivity contribution is 0.101. The van der Waals surface area contributed by atoms with E-state index in [4.69, 9.17) is 14.2 Å². The highest BCUT2D eigenvalue weighted by atomic mass is 16.5. The van der Waals surface area contributed by atoms with E-state index in [1.165, 1.54) is 0 Å². The van der Waals surface area contributed by atoms with Gasteiger partial charge in [0.15, 0.2) is 5.78 Å². The van der Waals surface area contributed by atoms with Gasteiger partial charge in [0.2, 0.25) is 0 Å². The van der Waals surface area contributed by atoms with Crippen LogP contribution in [0.1, 0.15) is 57.8 Å². The molecule has 4 nitrogen and oxygen atoms in total. The van der Waals surface area contributed by atoms with E-state index in [-0.39, 0.29) is 5.78 Å². The summed E-state index contributed by atoms with van der Waals surface area (Å²) in [6.07, 6.45) is 1.87. The molecule has 148 valence electrons. The average Bonchev–Trinajstić information content (AvgIpc) is 2.61. The van der Waals surface area contributed by atoms with Gasteiger partial charge in [-0.05, 0) is 43.7 Å². The van der Waals surface area contributed by atoms with Crippen LogP contribution in [0.15, 0.2) is 24.3 Å². The van der Waals surface area contributed by atoms with E-state index in [0.717, 1.165) is 23.6 Å². The van der Waals surface area contributed by atoms with Crippen molar-refractivity contribution >= 4 is 16.6 Å². The first-order valence-electron chi connectivity index (χ1n) is 9.75. The maximum atomic E-state index is 12.4. The van der Waals surface area contributed by atoms with Crippen LogP contribution in [0.3, 0.4) is 0 Å². The molecule has 0 aliphatic rings. The second kappa shape index (κ2) is 9.63. The molecule has 2 aromatic rings. The van der Waals surface area contributed by atoms with Crippen molar-refractivity contribution in [1.29, 1.82) is 0 Å². The summed E-state index contributed by atoms with van der Waals surface area (Å²) in [5, 5.41) is 1.71. The number of ketones is 1. The van der Waals surface area contributed by atoms with Gasteiger partial charge in [-0.2, -0.15) is 0 Å². The minimum Gasteiger partial charge on any atom is -0.496 e. The third-order valence-corrected chi connectivity index (χ3v) is 4.53. The second-order valence-electron chi connectivity index (χ2n) is 7.75. The molecule has 27 heavy (non-hydrogen) atoms. The first-order chi connectivity index (χ1) is 12.8.